The van der Waals surface area contributed by atoms with Gasteiger partial charge in [-0.2, -0.15) is 0 Å². The molecule has 0 saturated carbocycles. The van der Waals surface area contributed by atoms with Crippen LogP contribution in [0.4, 0.5) is 5.69 Å². The molecule has 1 aliphatic rings. The van der Waals surface area contributed by atoms with Crippen molar-refractivity contribution in [1.29, 1.82) is 0 Å². The third-order valence-electron chi connectivity index (χ3n) is 5.07. The maximum absolute atomic E-state index is 12.7. The Bertz CT molecular complexity index is 944. The minimum Gasteiger partial charge on any atom is -0.379 e. The third-order valence-corrected chi connectivity index (χ3v) is 6.31. The van der Waals surface area contributed by atoms with Crippen LogP contribution in [0.3, 0.4) is 0 Å². The first-order valence-corrected chi connectivity index (χ1v) is 11.9. The zero-order valence-corrected chi connectivity index (χ0v) is 18.3. The zero-order chi connectivity index (χ0) is 21.6. The van der Waals surface area contributed by atoms with Gasteiger partial charge in [-0.1, -0.05) is 42.5 Å². The topological polar surface area (TPSA) is 79.0 Å². The largest absolute Gasteiger partial charge is 0.379 e. The van der Waals surface area contributed by atoms with E-state index >= 15 is 0 Å². The molecule has 30 heavy (non-hydrogen) atoms. The number of carbonyl (C=O) groups excluding carboxylic acids is 1. The van der Waals surface area contributed by atoms with Crippen molar-refractivity contribution in [2.24, 2.45) is 0 Å². The minimum absolute atomic E-state index is 0.340. The Kier molecular flexibility index (Phi) is 7.47. The summed E-state index contributed by atoms with van der Waals surface area (Å²) in [6, 6.07) is 15.9. The maximum Gasteiger partial charge on any atom is 0.243 e. The summed E-state index contributed by atoms with van der Waals surface area (Å²) >= 11 is 0. The van der Waals surface area contributed by atoms with E-state index in [1.807, 2.05) is 12.1 Å². The summed E-state index contributed by atoms with van der Waals surface area (Å²) in [4.78, 5) is 15.1. The van der Waals surface area contributed by atoms with Gasteiger partial charge in [-0.25, -0.2) is 8.42 Å². The van der Waals surface area contributed by atoms with Crippen LogP contribution in [0.2, 0.25) is 0 Å². The SMILES string of the molecule is CC(C(=O)NCc1cccc(CN2CCOCC2)c1)N(c1ccccc1)S(C)(=O)=O. The van der Waals surface area contributed by atoms with Gasteiger partial charge in [0, 0.05) is 26.2 Å². The number of amides is 1. The van der Waals surface area contributed by atoms with E-state index in [9.17, 15) is 13.2 Å². The average molecular weight is 432 g/mol. The van der Waals surface area contributed by atoms with Gasteiger partial charge in [0.15, 0.2) is 0 Å². The summed E-state index contributed by atoms with van der Waals surface area (Å²) in [5.74, 6) is -0.345. The lowest BCUT2D eigenvalue weighted by Gasteiger charge is -2.28. The molecule has 1 fully saturated rings. The predicted molar refractivity (Wildman–Crippen MR) is 118 cm³/mol. The number of sulfonamides is 1. The Balaban J connectivity index is 1.63. The van der Waals surface area contributed by atoms with Gasteiger partial charge >= 0.3 is 0 Å². The number of nitrogens with zero attached hydrogens (tertiary/aromatic N) is 2. The molecule has 1 N–H and O–H groups in total. The summed E-state index contributed by atoms with van der Waals surface area (Å²) in [7, 11) is -3.61. The molecule has 7 nitrogen and oxygen atoms in total. The van der Waals surface area contributed by atoms with E-state index < -0.39 is 16.1 Å². The number of carbonyl (C=O) groups is 1. The summed E-state index contributed by atoms with van der Waals surface area (Å²) in [6.07, 6.45) is 1.11. The van der Waals surface area contributed by atoms with Crippen LogP contribution in [0.1, 0.15) is 18.1 Å². The summed E-state index contributed by atoms with van der Waals surface area (Å²) in [6.45, 7) is 6.12. The molecule has 1 atom stereocenters. The second-order valence-electron chi connectivity index (χ2n) is 7.50. The number of morpholine rings is 1. The number of para-hydroxylation sites is 1. The molecule has 162 valence electrons. The Morgan fingerprint density at radius 1 is 1.10 bits per heavy atom. The summed E-state index contributed by atoms with van der Waals surface area (Å²) in [5.41, 5.74) is 2.63. The molecule has 0 spiro atoms. The Morgan fingerprint density at radius 2 is 1.77 bits per heavy atom. The number of benzene rings is 2. The lowest BCUT2D eigenvalue weighted by molar-refractivity contribution is -0.122. The summed E-state index contributed by atoms with van der Waals surface area (Å²) < 4.78 is 31.2. The first-order valence-electron chi connectivity index (χ1n) is 10.0. The number of rotatable bonds is 8. The van der Waals surface area contributed by atoms with Crippen molar-refractivity contribution in [3.05, 3.63) is 65.7 Å². The highest BCUT2D eigenvalue weighted by atomic mass is 32.2. The van der Waals surface area contributed by atoms with Crippen molar-refractivity contribution in [2.45, 2.75) is 26.1 Å². The van der Waals surface area contributed by atoms with Crippen molar-refractivity contribution < 1.29 is 17.9 Å². The number of hydrogen-bond donors (Lipinski definition) is 1. The van der Waals surface area contributed by atoms with Crippen LogP contribution in [0, 0.1) is 0 Å². The fourth-order valence-electron chi connectivity index (χ4n) is 3.58. The Morgan fingerprint density at radius 3 is 2.43 bits per heavy atom. The van der Waals surface area contributed by atoms with E-state index in [4.69, 9.17) is 4.74 Å². The quantitative estimate of drug-likeness (QED) is 0.692. The second-order valence-corrected chi connectivity index (χ2v) is 9.36. The second kappa shape index (κ2) is 10.1. The predicted octanol–water partition coefficient (Wildman–Crippen LogP) is 1.99. The van der Waals surface area contributed by atoms with E-state index in [1.165, 1.54) is 5.56 Å². The van der Waals surface area contributed by atoms with Gasteiger partial charge < -0.3 is 10.1 Å². The van der Waals surface area contributed by atoms with E-state index in [2.05, 4.69) is 22.3 Å². The minimum atomic E-state index is -3.61. The number of ether oxygens (including phenoxy) is 1. The lowest BCUT2D eigenvalue weighted by Crippen LogP contribution is -2.47. The van der Waals surface area contributed by atoms with E-state index in [1.54, 1.807) is 37.3 Å². The molecule has 1 saturated heterocycles. The van der Waals surface area contributed by atoms with Crippen molar-refractivity contribution >= 4 is 21.6 Å². The monoisotopic (exact) mass is 431 g/mol. The van der Waals surface area contributed by atoms with E-state index in [0.717, 1.165) is 49.0 Å². The van der Waals surface area contributed by atoms with Crippen LogP contribution in [-0.2, 0) is 32.6 Å². The highest BCUT2D eigenvalue weighted by Gasteiger charge is 2.28. The standard InChI is InChI=1S/C22H29N3O4S/c1-18(25(30(2,27)28)21-9-4-3-5-10-21)22(26)23-16-19-7-6-8-20(15-19)17-24-11-13-29-14-12-24/h3-10,15,18H,11-14,16-17H2,1-2H3,(H,23,26). The van der Waals surface area contributed by atoms with Crippen molar-refractivity contribution in [3.63, 3.8) is 0 Å². The first kappa shape index (κ1) is 22.3. The van der Waals surface area contributed by atoms with E-state index in [0.29, 0.717) is 12.2 Å². The van der Waals surface area contributed by atoms with Crippen LogP contribution >= 0.6 is 0 Å². The van der Waals surface area contributed by atoms with Gasteiger partial charge in [0.05, 0.1) is 25.2 Å². The number of anilines is 1. The Labute approximate surface area is 178 Å². The molecule has 0 bridgehead atoms. The smallest absolute Gasteiger partial charge is 0.243 e. The average Bonchev–Trinajstić information content (AvgIpc) is 2.73. The molecular formula is C22H29N3O4S. The maximum atomic E-state index is 12.7. The highest BCUT2D eigenvalue weighted by Crippen LogP contribution is 2.20. The molecule has 0 radical (unpaired) electrons. The van der Waals surface area contributed by atoms with Crippen LogP contribution in [-0.4, -0.2) is 57.8 Å². The van der Waals surface area contributed by atoms with Crippen LogP contribution < -0.4 is 9.62 Å². The molecule has 1 heterocycles. The molecule has 0 aromatic heterocycles. The lowest BCUT2D eigenvalue weighted by atomic mass is 10.1. The fourth-order valence-corrected chi connectivity index (χ4v) is 4.75. The van der Waals surface area contributed by atoms with Crippen LogP contribution in [0.5, 0.6) is 0 Å². The van der Waals surface area contributed by atoms with Gasteiger partial charge in [-0.15, -0.1) is 0 Å². The molecule has 3 rings (SSSR count). The molecule has 2 aromatic rings. The molecule has 0 aliphatic carbocycles. The normalized spacial score (nSPS) is 16.1. The highest BCUT2D eigenvalue weighted by molar-refractivity contribution is 7.92. The molecule has 2 aromatic carbocycles. The number of hydrogen-bond acceptors (Lipinski definition) is 5. The number of nitrogens with one attached hydrogen (secondary N) is 1. The van der Waals surface area contributed by atoms with Crippen molar-refractivity contribution in [3.8, 4) is 0 Å². The van der Waals surface area contributed by atoms with Gasteiger partial charge in [0.25, 0.3) is 0 Å². The van der Waals surface area contributed by atoms with Crippen molar-refractivity contribution in [2.75, 3.05) is 36.9 Å². The third kappa shape index (κ3) is 6.04. The molecule has 1 aliphatic heterocycles. The summed E-state index contributed by atoms with van der Waals surface area (Å²) in [5, 5.41) is 2.87. The van der Waals surface area contributed by atoms with Gasteiger partial charge in [-0.3, -0.25) is 14.0 Å². The zero-order valence-electron chi connectivity index (χ0n) is 17.5. The molecule has 8 heteroatoms. The first-order chi connectivity index (χ1) is 14.3. The molecule has 1 unspecified atom stereocenters. The molecular weight excluding hydrogens is 402 g/mol. The molecule has 1 amide bonds. The van der Waals surface area contributed by atoms with Crippen molar-refractivity contribution in [1.82, 2.24) is 10.2 Å². The van der Waals surface area contributed by atoms with Gasteiger partial charge in [0.1, 0.15) is 6.04 Å². The van der Waals surface area contributed by atoms with Crippen LogP contribution in [0.25, 0.3) is 0 Å². The van der Waals surface area contributed by atoms with E-state index in [-0.39, 0.29) is 5.91 Å². The van der Waals surface area contributed by atoms with Crippen LogP contribution in [0.15, 0.2) is 54.6 Å². The fraction of sp³-hybridized carbons (Fsp3) is 0.409. The Hall–Kier alpha value is -2.42. The van der Waals surface area contributed by atoms with Gasteiger partial charge in [-0.05, 0) is 30.2 Å². The van der Waals surface area contributed by atoms with Gasteiger partial charge in [0.2, 0.25) is 15.9 Å².